The van der Waals surface area contributed by atoms with Gasteiger partial charge in [-0.05, 0) is 24.6 Å². The van der Waals surface area contributed by atoms with Gasteiger partial charge in [0.15, 0.2) is 9.84 Å². The third-order valence-corrected chi connectivity index (χ3v) is 5.58. The van der Waals surface area contributed by atoms with E-state index in [2.05, 4.69) is 10.6 Å². The predicted molar refractivity (Wildman–Crippen MR) is 82.6 cm³/mol. The van der Waals surface area contributed by atoms with E-state index in [9.17, 15) is 13.2 Å². The van der Waals surface area contributed by atoms with Gasteiger partial charge in [-0.3, -0.25) is 4.79 Å². The molecule has 2 N–H and O–H groups in total. The lowest BCUT2D eigenvalue weighted by Gasteiger charge is -2.23. The highest BCUT2D eigenvalue weighted by atomic mass is 32.2. The van der Waals surface area contributed by atoms with Crippen molar-refractivity contribution in [1.82, 2.24) is 4.90 Å². The molecule has 2 heterocycles. The number of hydrogen-bond donors (Lipinski definition) is 2. The number of benzene rings is 1. The number of sulfone groups is 1. The molecular formula is C14H19N3O3S. The maximum atomic E-state index is 12.5. The van der Waals surface area contributed by atoms with Crippen LogP contribution in [0.4, 0.5) is 11.4 Å². The van der Waals surface area contributed by atoms with Crippen LogP contribution in [0.15, 0.2) is 18.2 Å². The zero-order chi connectivity index (χ0) is 14.9. The fraction of sp³-hybridized carbons (Fsp3) is 0.500. The maximum absolute atomic E-state index is 12.5. The van der Waals surface area contributed by atoms with E-state index in [1.807, 2.05) is 12.1 Å². The minimum absolute atomic E-state index is 0.0590. The number of hydrogen-bond acceptors (Lipinski definition) is 5. The molecule has 1 saturated heterocycles. The monoisotopic (exact) mass is 309 g/mol. The first-order valence-electron chi connectivity index (χ1n) is 7.17. The normalized spacial score (nSPS) is 20.7. The van der Waals surface area contributed by atoms with E-state index in [4.69, 9.17) is 0 Å². The molecule has 0 atom stereocenters. The van der Waals surface area contributed by atoms with Crippen molar-refractivity contribution in [3.05, 3.63) is 23.8 Å². The molecule has 21 heavy (non-hydrogen) atoms. The number of rotatable bonds is 1. The molecule has 1 aromatic carbocycles. The van der Waals surface area contributed by atoms with Crippen molar-refractivity contribution in [2.45, 2.75) is 6.42 Å². The lowest BCUT2D eigenvalue weighted by Crippen LogP contribution is -2.33. The Balaban J connectivity index is 1.78. The first kappa shape index (κ1) is 14.2. The number of anilines is 2. The maximum Gasteiger partial charge on any atom is 0.253 e. The molecule has 0 radical (unpaired) electrons. The summed E-state index contributed by atoms with van der Waals surface area (Å²) in [5.74, 6) is 0.137. The van der Waals surface area contributed by atoms with Crippen LogP contribution < -0.4 is 10.6 Å². The predicted octanol–water partition coefficient (Wildman–Crippen LogP) is 0.785. The topological polar surface area (TPSA) is 78.5 Å². The van der Waals surface area contributed by atoms with Crippen LogP contribution in [0.3, 0.4) is 0 Å². The molecule has 0 unspecified atom stereocenters. The lowest BCUT2D eigenvalue weighted by atomic mass is 10.1. The molecule has 114 valence electrons. The second-order valence-electron chi connectivity index (χ2n) is 5.41. The summed E-state index contributed by atoms with van der Waals surface area (Å²) in [6, 6.07) is 5.52. The molecule has 0 saturated carbocycles. The van der Waals surface area contributed by atoms with Crippen molar-refractivity contribution in [2.75, 3.05) is 48.3 Å². The molecule has 6 nitrogen and oxygen atoms in total. The Labute approximate surface area is 124 Å². The Morgan fingerprint density at radius 2 is 1.81 bits per heavy atom. The molecule has 0 aromatic heterocycles. The molecule has 1 aromatic rings. The second-order valence-corrected chi connectivity index (χ2v) is 7.72. The number of fused-ring (bicyclic) bond motifs is 1. The van der Waals surface area contributed by atoms with E-state index in [1.54, 1.807) is 11.0 Å². The fourth-order valence-electron chi connectivity index (χ4n) is 2.70. The third-order valence-electron chi connectivity index (χ3n) is 3.87. The van der Waals surface area contributed by atoms with E-state index >= 15 is 0 Å². The van der Waals surface area contributed by atoms with Crippen molar-refractivity contribution in [2.24, 2.45) is 0 Å². The zero-order valence-electron chi connectivity index (χ0n) is 11.8. The van der Waals surface area contributed by atoms with Gasteiger partial charge in [0.2, 0.25) is 0 Å². The Bertz CT molecular complexity index is 657. The summed E-state index contributed by atoms with van der Waals surface area (Å²) < 4.78 is 23.2. The molecule has 3 rings (SSSR count). The van der Waals surface area contributed by atoms with Crippen LogP contribution in [-0.2, 0) is 9.84 Å². The fourth-order valence-corrected chi connectivity index (χ4v) is 3.97. The van der Waals surface area contributed by atoms with Gasteiger partial charge in [-0.2, -0.15) is 0 Å². The van der Waals surface area contributed by atoms with Gasteiger partial charge in [0.1, 0.15) is 0 Å². The molecule has 0 bridgehead atoms. The zero-order valence-corrected chi connectivity index (χ0v) is 12.6. The van der Waals surface area contributed by atoms with E-state index in [1.165, 1.54) is 0 Å². The number of carbonyl (C=O) groups is 1. The summed E-state index contributed by atoms with van der Waals surface area (Å²) in [5, 5.41) is 6.52. The summed E-state index contributed by atoms with van der Waals surface area (Å²) in [6.07, 6.45) is 0.513. The average Bonchev–Trinajstić information content (AvgIpc) is 2.67. The van der Waals surface area contributed by atoms with Crippen LogP contribution in [0.1, 0.15) is 16.8 Å². The lowest BCUT2D eigenvalue weighted by molar-refractivity contribution is 0.0768. The van der Waals surface area contributed by atoms with Crippen molar-refractivity contribution in [3.8, 4) is 0 Å². The van der Waals surface area contributed by atoms with Gasteiger partial charge in [-0.25, -0.2) is 8.42 Å². The molecule has 1 amide bonds. The largest absolute Gasteiger partial charge is 0.382 e. The summed E-state index contributed by atoms with van der Waals surface area (Å²) in [7, 11) is -3.00. The van der Waals surface area contributed by atoms with Crippen molar-refractivity contribution in [3.63, 3.8) is 0 Å². The highest BCUT2D eigenvalue weighted by Crippen LogP contribution is 2.26. The average molecular weight is 309 g/mol. The standard InChI is InChI=1S/C14H19N3O3S/c18-14(17-6-1-8-21(19,20)9-7-17)11-2-3-12-13(10-11)16-5-4-15-12/h2-3,10,15-16H,1,4-9H2. The van der Waals surface area contributed by atoms with Gasteiger partial charge < -0.3 is 15.5 Å². The van der Waals surface area contributed by atoms with Gasteiger partial charge in [-0.15, -0.1) is 0 Å². The number of carbonyl (C=O) groups excluding carboxylic acids is 1. The smallest absolute Gasteiger partial charge is 0.253 e. The number of amides is 1. The number of nitrogens with zero attached hydrogens (tertiary/aromatic N) is 1. The molecule has 0 aliphatic carbocycles. The van der Waals surface area contributed by atoms with Gasteiger partial charge in [-0.1, -0.05) is 0 Å². The first-order valence-corrected chi connectivity index (χ1v) is 8.99. The molecule has 7 heteroatoms. The van der Waals surface area contributed by atoms with Crippen LogP contribution in [0.5, 0.6) is 0 Å². The minimum Gasteiger partial charge on any atom is -0.382 e. The minimum atomic E-state index is -3.00. The van der Waals surface area contributed by atoms with E-state index < -0.39 is 9.84 Å². The first-order chi connectivity index (χ1) is 10.1. The number of nitrogens with one attached hydrogen (secondary N) is 2. The Morgan fingerprint density at radius 1 is 1.05 bits per heavy atom. The quantitative estimate of drug-likeness (QED) is 0.802. The van der Waals surface area contributed by atoms with Crippen molar-refractivity contribution >= 4 is 27.1 Å². The van der Waals surface area contributed by atoms with Crippen molar-refractivity contribution in [1.29, 1.82) is 0 Å². The van der Waals surface area contributed by atoms with E-state index in [0.29, 0.717) is 18.5 Å². The third kappa shape index (κ3) is 3.12. The van der Waals surface area contributed by atoms with Gasteiger partial charge in [0.25, 0.3) is 5.91 Å². The summed E-state index contributed by atoms with van der Waals surface area (Å²) >= 11 is 0. The van der Waals surface area contributed by atoms with Crippen LogP contribution in [0.25, 0.3) is 0 Å². The Morgan fingerprint density at radius 3 is 2.62 bits per heavy atom. The van der Waals surface area contributed by atoms with Gasteiger partial charge in [0, 0.05) is 31.7 Å². The summed E-state index contributed by atoms with van der Waals surface area (Å²) in [5.41, 5.74) is 2.52. The summed E-state index contributed by atoms with van der Waals surface area (Å²) in [4.78, 5) is 14.2. The van der Waals surface area contributed by atoms with Gasteiger partial charge >= 0.3 is 0 Å². The van der Waals surface area contributed by atoms with Crippen LogP contribution in [-0.4, -0.2) is 56.9 Å². The molecule has 1 fully saturated rings. The highest BCUT2D eigenvalue weighted by Gasteiger charge is 2.24. The van der Waals surface area contributed by atoms with Gasteiger partial charge in [0.05, 0.1) is 22.9 Å². The van der Waals surface area contributed by atoms with Crippen LogP contribution in [0.2, 0.25) is 0 Å². The van der Waals surface area contributed by atoms with E-state index in [0.717, 1.165) is 24.5 Å². The highest BCUT2D eigenvalue weighted by molar-refractivity contribution is 7.91. The SMILES string of the molecule is O=C(c1ccc2c(c1)NCCN2)N1CCCS(=O)(=O)CC1. The van der Waals surface area contributed by atoms with Crippen LogP contribution in [0, 0.1) is 0 Å². The van der Waals surface area contributed by atoms with E-state index in [-0.39, 0.29) is 24.0 Å². The second kappa shape index (κ2) is 5.55. The van der Waals surface area contributed by atoms with Crippen molar-refractivity contribution < 1.29 is 13.2 Å². The van der Waals surface area contributed by atoms with Crippen LogP contribution >= 0.6 is 0 Å². The Kier molecular flexibility index (Phi) is 3.75. The summed E-state index contributed by atoms with van der Waals surface area (Å²) in [6.45, 7) is 2.47. The Hall–Kier alpha value is -1.76. The molecule has 2 aliphatic rings. The molecule has 2 aliphatic heterocycles. The molecular weight excluding hydrogens is 290 g/mol. The molecule has 0 spiro atoms.